The molecule has 2 aromatic rings. The number of benzene rings is 1. The fourth-order valence-electron chi connectivity index (χ4n) is 2.51. The third kappa shape index (κ3) is 4.26. The number of carbonyl (C=O) groups is 2. The second kappa shape index (κ2) is 7.79. The van der Waals surface area contributed by atoms with Gasteiger partial charge in [0, 0.05) is 24.4 Å². The minimum absolute atomic E-state index is 0.0384. The minimum atomic E-state index is -0.387. The van der Waals surface area contributed by atoms with Crippen LogP contribution in [-0.2, 0) is 9.59 Å². The highest BCUT2D eigenvalue weighted by Gasteiger charge is 2.35. The molecule has 0 unspecified atom stereocenters. The maximum atomic E-state index is 12.4. The average molecular weight is 374 g/mol. The van der Waals surface area contributed by atoms with Gasteiger partial charge in [0.15, 0.2) is 4.34 Å². The second-order valence-corrected chi connectivity index (χ2v) is 7.95. The summed E-state index contributed by atoms with van der Waals surface area (Å²) in [7, 11) is 0. The van der Waals surface area contributed by atoms with Crippen molar-refractivity contribution in [2.45, 2.75) is 17.7 Å². The molecule has 0 spiro atoms. The first kappa shape index (κ1) is 17.6. The number of hydrogen-bond acceptors (Lipinski definition) is 6. The zero-order chi connectivity index (χ0) is 17.8. The second-order valence-electron chi connectivity index (χ2n) is 5.70. The lowest BCUT2D eigenvalue weighted by Gasteiger charge is -2.16. The summed E-state index contributed by atoms with van der Waals surface area (Å²) in [5.74, 6) is 0.121. The molecule has 6 nitrogen and oxygen atoms in total. The molecular formula is C17H18N4O2S2. The van der Waals surface area contributed by atoms with Crippen LogP contribution in [0.3, 0.4) is 0 Å². The molecule has 8 heteroatoms. The van der Waals surface area contributed by atoms with Crippen LogP contribution in [0.4, 0.5) is 10.8 Å². The van der Waals surface area contributed by atoms with Crippen molar-refractivity contribution in [3.8, 4) is 0 Å². The molecule has 1 aliphatic rings. The number of thioether (sulfide) groups is 1. The van der Waals surface area contributed by atoms with Crippen molar-refractivity contribution >= 4 is 45.7 Å². The van der Waals surface area contributed by atoms with Gasteiger partial charge in [0.25, 0.3) is 0 Å². The summed E-state index contributed by atoms with van der Waals surface area (Å²) >= 11 is 2.83. The topological polar surface area (TPSA) is 75.2 Å². The standard InChI is InChI=1S/C17H18N4O2S2/c1-3-8-24-17-20-19-16(25-17)18-15(23)12-9-14(22)21(10-12)13-6-4-11(2)5-7-13/h3-7,12H,1,8-10H2,2H3,(H,18,19,23)/t12-/m1/s1. The first-order valence-electron chi connectivity index (χ1n) is 7.82. The molecule has 0 saturated carbocycles. The van der Waals surface area contributed by atoms with E-state index in [1.807, 2.05) is 31.2 Å². The van der Waals surface area contributed by atoms with E-state index < -0.39 is 0 Å². The summed E-state index contributed by atoms with van der Waals surface area (Å²) in [5, 5.41) is 11.2. The normalized spacial score (nSPS) is 16.9. The molecular weight excluding hydrogens is 356 g/mol. The predicted molar refractivity (Wildman–Crippen MR) is 101 cm³/mol. The van der Waals surface area contributed by atoms with Gasteiger partial charge in [0.05, 0.1) is 5.92 Å². The Labute approximate surface area is 154 Å². The van der Waals surface area contributed by atoms with Gasteiger partial charge in [-0.1, -0.05) is 46.9 Å². The van der Waals surface area contributed by atoms with Gasteiger partial charge in [0.2, 0.25) is 16.9 Å². The molecule has 0 radical (unpaired) electrons. The number of carbonyl (C=O) groups excluding carboxylic acids is 2. The molecule has 1 atom stereocenters. The number of anilines is 2. The van der Waals surface area contributed by atoms with Crippen LogP contribution in [0.5, 0.6) is 0 Å². The Bertz CT molecular complexity index is 788. The van der Waals surface area contributed by atoms with Crippen LogP contribution in [0.1, 0.15) is 12.0 Å². The highest BCUT2D eigenvalue weighted by atomic mass is 32.2. The summed E-state index contributed by atoms with van der Waals surface area (Å²) in [6.07, 6.45) is 1.99. The van der Waals surface area contributed by atoms with Crippen LogP contribution in [0.25, 0.3) is 0 Å². The lowest BCUT2D eigenvalue weighted by atomic mass is 10.1. The zero-order valence-electron chi connectivity index (χ0n) is 13.8. The molecule has 25 heavy (non-hydrogen) atoms. The Morgan fingerprint density at radius 1 is 1.44 bits per heavy atom. The summed E-state index contributed by atoms with van der Waals surface area (Å²) in [4.78, 5) is 26.4. The van der Waals surface area contributed by atoms with Crippen LogP contribution in [0, 0.1) is 12.8 Å². The molecule has 3 rings (SSSR count). The smallest absolute Gasteiger partial charge is 0.231 e. The Hall–Kier alpha value is -2.19. The molecule has 2 heterocycles. The van der Waals surface area contributed by atoms with Crippen molar-refractivity contribution in [1.29, 1.82) is 0 Å². The first-order valence-corrected chi connectivity index (χ1v) is 9.62. The lowest BCUT2D eigenvalue weighted by Crippen LogP contribution is -2.28. The number of nitrogens with one attached hydrogen (secondary N) is 1. The number of nitrogens with zero attached hydrogens (tertiary/aromatic N) is 3. The molecule has 2 amide bonds. The van der Waals surface area contributed by atoms with Crippen molar-refractivity contribution in [2.24, 2.45) is 5.92 Å². The minimum Gasteiger partial charge on any atom is -0.312 e. The molecule has 1 aliphatic heterocycles. The SMILES string of the molecule is C=CCSc1nnc(NC(=O)[C@@H]2CC(=O)N(c3ccc(C)cc3)C2)s1. The third-order valence-corrected chi connectivity index (χ3v) is 5.77. The maximum Gasteiger partial charge on any atom is 0.231 e. The average Bonchev–Trinajstić information content (AvgIpc) is 3.20. The molecule has 1 fully saturated rings. The van der Waals surface area contributed by atoms with Gasteiger partial charge in [-0.2, -0.15) is 0 Å². The van der Waals surface area contributed by atoms with Gasteiger partial charge in [-0.25, -0.2) is 0 Å². The predicted octanol–water partition coefficient (Wildman–Crippen LogP) is 3.12. The van der Waals surface area contributed by atoms with Gasteiger partial charge in [-0.3, -0.25) is 9.59 Å². The highest BCUT2D eigenvalue weighted by molar-refractivity contribution is 8.01. The number of rotatable bonds is 6. The summed E-state index contributed by atoms with van der Waals surface area (Å²) in [6.45, 7) is 6.03. The molecule has 1 aromatic carbocycles. The third-order valence-electron chi connectivity index (χ3n) is 3.80. The summed E-state index contributed by atoms with van der Waals surface area (Å²) < 4.78 is 0.777. The van der Waals surface area contributed by atoms with Crippen LogP contribution in [0.15, 0.2) is 41.3 Å². The van der Waals surface area contributed by atoms with E-state index >= 15 is 0 Å². The maximum absolute atomic E-state index is 12.4. The zero-order valence-corrected chi connectivity index (χ0v) is 15.4. The molecule has 0 aliphatic carbocycles. The van der Waals surface area contributed by atoms with Crippen LogP contribution < -0.4 is 10.2 Å². The number of aryl methyl sites for hydroxylation is 1. The Kier molecular flexibility index (Phi) is 5.50. The van der Waals surface area contributed by atoms with Crippen molar-refractivity contribution in [2.75, 3.05) is 22.5 Å². The van der Waals surface area contributed by atoms with Gasteiger partial charge < -0.3 is 10.2 Å². The van der Waals surface area contributed by atoms with E-state index in [0.29, 0.717) is 11.7 Å². The Morgan fingerprint density at radius 2 is 2.20 bits per heavy atom. The van der Waals surface area contributed by atoms with E-state index in [-0.39, 0.29) is 24.2 Å². The Balaban J connectivity index is 1.61. The molecule has 1 N–H and O–H groups in total. The van der Waals surface area contributed by atoms with Gasteiger partial charge in [0.1, 0.15) is 0 Å². The molecule has 1 aromatic heterocycles. The Morgan fingerprint density at radius 3 is 2.92 bits per heavy atom. The van der Waals surface area contributed by atoms with Gasteiger partial charge in [-0.15, -0.1) is 16.8 Å². The van der Waals surface area contributed by atoms with E-state index in [1.54, 1.807) is 11.0 Å². The number of aromatic nitrogens is 2. The van der Waals surface area contributed by atoms with E-state index in [9.17, 15) is 9.59 Å². The fourth-order valence-corrected chi connectivity index (χ4v) is 4.03. The molecule has 0 bridgehead atoms. The lowest BCUT2D eigenvalue weighted by molar-refractivity contribution is -0.122. The van der Waals surface area contributed by atoms with Crippen molar-refractivity contribution in [3.63, 3.8) is 0 Å². The van der Waals surface area contributed by atoms with Crippen molar-refractivity contribution in [1.82, 2.24) is 10.2 Å². The highest BCUT2D eigenvalue weighted by Crippen LogP contribution is 2.28. The van der Waals surface area contributed by atoms with E-state index in [2.05, 4.69) is 22.1 Å². The van der Waals surface area contributed by atoms with E-state index in [1.165, 1.54) is 23.1 Å². The van der Waals surface area contributed by atoms with Gasteiger partial charge in [-0.05, 0) is 19.1 Å². The van der Waals surface area contributed by atoms with E-state index in [0.717, 1.165) is 21.3 Å². The van der Waals surface area contributed by atoms with Gasteiger partial charge >= 0.3 is 0 Å². The summed E-state index contributed by atoms with van der Waals surface area (Å²) in [6, 6.07) is 7.72. The van der Waals surface area contributed by atoms with Crippen LogP contribution in [-0.4, -0.2) is 34.3 Å². The fraction of sp³-hybridized carbons (Fsp3) is 0.294. The van der Waals surface area contributed by atoms with Crippen LogP contribution in [0.2, 0.25) is 0 Å². The monoisotopic (exact) mass is 374 g/mol. The quantitative estimate of drug-likeness (QED) is 0.478. The van der Waals surface area contributed by atoms with E-state index in [4.69, 9.17) is 0 Å². The van der Waals surface area contributed by atoms with Crippen molar-refractivity contribution < 1.29 is 9.59 Å². The largest absolute Gasteiger partial charge is 0.312 e. The van der Waals surface area contributed by atoms with Crippen LogP contribution >= 0.6 is 23.1 Å². The molecule has 1 saturated heterocycles. The molecule has 130 valence electrons. The number of hydrogen-bond donors (Lipinski definition) is 1. The first-order chi connectivity index (χ1) is 12.1. The summed E-state index contributed by atoms with van der Waals surface area (Å²) in [5.41, 5.74) is 1.95. The van der Waals surface area contributed by atoms with Crippen molar-refractivity contribution in [3.05, 3.63) is 42.5 Å². The number of amides is 2.